The van der Waals surface area contributed by atoms with Crippen molar-refractivity contribution in [1.29, 1.82) is 0 Å². The first-order chi connectivity index (χ1) is 9.25. The third-order valence-corrected chi connectivity index (χ3v) is 2.85. The van der Waals surface area contributed by atoms with E-state index in [1.807, 2.05) is 31.2 Å². The number of amides is 1. The van der Waals surface area contributed by atoms with Crippen molar-refractivity contribution in [2.75, 3.05) is 0 Å². The zero-order valence-electron chi connectivity index (χ0n) is 10.2. The maximum absolute atomic E-state index is 12.0. The summed E-state index contributed by atoms with van der Waals surface area (Å²) >= 11 is 0. The summed E-state index contributed by atoms with van der Waals surface area (Å²) in [4.78, 5) is 12.0. The SMILES string of the molecule is Cc1c(C(=O)NCc2nn[nH]n2)oc2ccccc12. The maximum atomic E-state index is 12.0. The van der Waals surface area contributed by atoms with Gasteiger partial charge in [0.2, 0.25) is 0 Å². The number of rotatable bonds is 3. The third-order valence-electron chi connectivity index (χ3n) is 2.85. The number of para-hydroxylation sites is 1. The number of aryl methyl sites for hydroxylation is 1. The minimum atomic E-state index is -0.293. The number of hydrogen-bond acceptors (Lipinski definition) is 5. The van der Waals surface area contributed by atoms with Gasteiger partial charge in [0.25, 0.3) is 5.91 Å². The van der Waals surface area contributed by atoms with E-state index in [-0.39, 0.29) is 12.5 Å². The van der Waals surface area contributed by atoms with Gasteiger partial charge in [-0.25, -0.2) is 0 Å². The van der Waals surface area contributed by atoms with Crippen LogP contribution in [0.25, 0.3) is 11.0 Å². The summed E-state index contributed by atoms with van der Waals surface area (Å²) in [5.74, 6) is 0.435. The van der Waals surface area contributed by atoms with E-state index >= 15 is 0 Å². The Labute approximate surface area is 108 Å². The van der Waals surface area contributed by atoms with E-state index in [1.54, 1.807) is 0 Å². The van der Waals surface area contributed by atoms with Crippen molar-refractivity contribution in [2.45, 2.75) is 13.5 Å². The number of furan rings is 1. The highest BCUT2D eigenvalue weighted by molar-refractivity contribution is 5.98. The molecule has 19 heavy (non-hydrogen) atoms. The van der Waals surface area contributed by atoms with Crippen LogP contribution in [0.1, 0.15) is 21.9 Å². The van der Waals surface area contributed by atoms with Crippen molar-refractivity contribution in [1.82, 2.24) is 25.9 Å². The molecule has 1 aromatic carbocycles. The second-order valence-electron chi connectivity index (χ2n) is 4.06. The first kappa shape index (κ1) is 11.4. The van der Waals surface area contributed by atoms with Gasteiger partial charge >= 0.3 is 0 Å². The number of aromatic amines is 1. The maximum Gasteiger partial charge on any atom is 0.287 e. The average molecular weight is 257 g/mol. The smallest absolute Gasteiger partial charge is 0.287 e. The number of benzene rings is 1. The Morgan fingerprint density at radius 2 is 2.26 bits per heavy atom. The highest BCUT2D eigenvalue weighted by Gasteiger charge is 2.17. The molecule has 0 radical (unpaired) electrons. The lowest BCUT2D eigenvalue weighted by Gasteiger charge is -1.99. The summed E-state index contributed by atoms with van der Waals surface area (Å²) in [5.41, 5.74) is 1.52. The van der Waals surface area contributed by atoms with Gasteiger partial charge in [0, 0.05) is 10.9 Å². The standard InChI is InChI=1S/C12H11N5O2/c1-7-8-4-2-3-5-9(8)19-11(7)12(18)13-6-10-14-16-17-15-10/h2-5H,6H2,1H3,(H,13,18)(H,14,15,16,17). The van der Waals surface area contributed by atoms with E-state index in [0.717, 1.165) is 10.9 Å². The number of H-pyrrole nitrogens is 1. The van der Waals surface area contributed by atoms with Crippen LogP contribution in [0.4, 0.5) is 0 Å². The van der Waals surface area contributed by atoms with E-state index in [0.29, 0.717) is 17.2 Å². The van der Waals surface area contributed by atoms with Crippen molar-refractivity contribution in [2.24, 2.45) is 0 Å². The number of aromatic nitrogens is 4. The van der Waals surface area contributed by atoms with E-state index in [4.69, 9.17) is 4.42 Å². The lowest BCUT2D eigenvalue weighted by molar-refractivity contribution is 0.0923. The Morgan fingerprint density at radius 1 is 1.42 bits per heavy atom. The minimum absolute atomic E-state index is 0.200. The molecule has 1 amide bonds. The first-order valence-electron chi connectivity index (χ1n) is 5.74. The summed E-state index contributed by atoms with van der Waals surface area (Å²) in [6, 6.07) is 7.53. The molecule has 7 nitrogen and oxygen atoms in total. The number of hydrogen-bond donors (Lipinski definition) is 2. The molecule has 3 rings (SSSR count). The van der Waals surface area contributed by atoms with E-state index < -0.39 is 0 Å². The Hall–Kier alpha value is -2.70. The predicted octanol–water partition coefficient (Wildman–Crippen LogP) is 1.18. The quantitative estimate of drug-likeness (QED) is 0.734. The van der Waals surface area contributed by atoms with E-state index in [1.165, 1.54) is 0 Å². The summed E-state index contributed by atoms with van der Waals surface area (Å²) in [6.45, 7) is 2.06. The van der Waals surface area contributed by atoms with Crippen LogP contribution in [0.2, 0.25) is 0 Å². The largest absolute Gasteiger partial charge is 0.451 e. The molecule has 0 bridgehead atoms. The number of nitrogens with zero attached hydrogens (tertiary/aromatic N) is 3. The monoisotopic (exact) mass is 257 g/mol. The fraction of sp³-hybridized carbons (Fsp3) is 0.167. The Balaban J connectivity index is 1.83. The van der Waals surface area contributed by atoms with Crippen LogP contribution in [0.5, 0.6) is 0 Å². The molecule has 0 saturated carbocycles. The third kappa shape index (κ3) is 2.05. The normalized spacial score (nSPS) is 10.8. The minimum Gasteiger partial charge on any atom is -0.451 e. The van der Waals surface area contributed by atoms with Gasteiger partial charge in [-0.1, -0.05) is 23.4 Å². The van der Waals surface area contributed by atoms with Crippen LogP contribution in [0, 0.1) is 6.92 Å². The molecule has 0 unspecified atom stereocenters. The van der Waals surface area contributed by atoms with Crippen molar-refractivity contribution in [3.05, 3.63) is 41.4 Å². The summed E-state index contributed by atoms with van der Waals surface area (Å²) < 4.78 is 5.55. The summed E-state index contributed by atoms with van der Waals surface area (Å²) in [6.07, 6.45) is 0. The van der Waals surface area contributed by atoms with Gasteiger partial charge in [0.1, 0.15) is 5.58 Å². The molecule has 2 N–H and O–H groups in total. The molecule has 96 valence electrons. The Morgan fingerprint density at radius 3 is 3.00 bits per heavy atom. The summed E-state index contributed by atoms with van der Waals surface area (Å²) in [5, 5.41) is 16.9. The van der Waals surface area contributed by atoms with Gasteiger partial charge in [-0.05, 0) is 13.0 Å². The average Bonchev–Trinajstić information content (AvgIpc) is 3.05. The second kappa shape index (κ2) is 4.52. The highest BCUT2D eigenvalue weighted by Crippen LogP contribution is 2.24. The molecule has 0 fully saturated rings. The molecule has 0 atom stereocenters. The Bertz CT molecular complexity index is 717. The molecular weight excluding hydrogens is 246 g/mol. The van der Waals surface area contributed by atoms with Gasteiger partial charge in [-0.2, -0.15) is 5.21 Å². The molecule has 3 aromatic rings. The van der Waals surface area contributed by atoms with Crippen LogP contribution < -0.4 is 5.32 Å². The second-order valence-corrected chi connectivity index (χ2v) is 4.06. The van der Waals surface area contributed by atoms with Crippen LogP contribution in [-0.2, 0) is 6.54 Å². The fourth-order valence-electron chi connectivity index (χ4n) is 1.89. The zero-order valence-corrected chi connectivity index (χ0v) is 10.2. The zero-order chi connectivity index (χ0) is 13.2. The van der Waals surface area contributed by atoms with E-state index in [9.17, 15) is 4.79 Å². The molecule has 7 heteroatoms. The highest BCUT2D eigenvalue weighted by atomic mass is 16.3. The molecule has 2 aromatic heterocycles. The number of carbonyl (C=O) groups is 1. The van der Waals surface area contributed by atoms with E-state index in [2.05, 4.69) is 25.9 Å². The number of carbonyl (C=O) groups excluding carboxylic acids is 1. The number of nitrogens with one attached hydrogen (secondary N) is 2. The lowest BCUT2D eigenvalue weighted by Crippen LogP contribution is -2.23. The number of tetrazole rings is 1. The van der Waals surface area contributed by atoms with Crippen LogP contribution >= 0.6 is 0 Å². The Kier molecular flexibility index (Phi) is 2.71. The first-order valence-corrected chi connectivity index (χ1v) is 5.74. The molecule has 0 spiro atoms. The fourth-order valence-corrected chi connectivity index (χ4v) is 1.89. The predicted molar refractivity (Wildman–Crippen MR) is 66.3 cm³/mol. The molecular formula is C12H11N5O2. The van der Waals surface area contributed by atoms with Crippen LogP contribution in [0.15, 0.2) is 28.7 Å². The van der Waals surface area contributed by atoms with Crippen LogP contribution in [-0.4, -0.2) is 26.5 Å². The van der Waals surface area contributed by atoms with Gasteiger partial charge in [0.15, 0.2) is 11.6 Å². The van der Waals surface area contributed by atoms with Crippen molar-refractivity contribution in [3.63, 3.8) is 0 Å². The van der Waals surface area contributed by atoms with Crippen molar-refractivity contribution < 1.29 is 9.21 Å². The molecule has 2 heterocycles. The van der Waals surface area contributed by atoms with Crippen molar-refractivity contribution in [3.8, 4) is 0 Å². The topological polar surface area (TPSA) is 96.7 Å². The van der Waals surface area contributed by atoms with Gasteiger partial charge in [-0.15, -0.1) is 10.2 Å². The van der Waals surface area contributed by atoms with Crippen molar-refractivity contribution >= 4 is 16.9 Å². The molecule has 0 saturated heterocycles. The molecule has 0 aliphatic heterocycles. The lowest BCUT2D eigenvalue weighted by atomic mass is 10.1. The molecule has 0 aliphatic carbocycles. The molecule has 0 aliphatic rings. The van der Waals surface area contributed by atoms with Crippen LogP contribution in [0.3, 0.4) is 0 Å². The van der Waals surface area contributed by atoms with Gasteiger partial charge in [-0.3, -0.25) is 4.79 Å². The summed E-state index contributed by atoms with van der Waals surface area (Å²) in [7, 11) is 0. The van der Waals surface area contributed by atoms with Gasteiger partial charge < -0.3 is 9.73 Å². The van der Waals surface area contributed by atoms with Gasteiger partial charge in [0.05, 0.1) is 6.54 Å². The number of fused-ring (bicyclic) bond motifs is 1.